The Balaban J connectivity index is 1.75. The number of hydrogen-bond acceptors (Lipinski definition) is 4. The number of ether oxygens (including phenoxy) is 1. The summed E-state index contributed by atoms with van der Waals surface area (Å²) in [4.78, 5) is 13.8. The second-order valence-corrected chi connectivity index (χ2v) is 4.99. The lowest BCUT2D eigenvalue weighted by Crippen LogP contribution is -2.33. The molecule has 0 aliphatic carbocycles. The maximum absolute atomic E-state index is 11.1. The summed E-state index contributed by atoms with van der Waals surface area (Å²) in [5.41, 5.74) is 2.33. The van der Waals surface area contributed by atoms with Gasteiger partial charge in [0.05, 0.1) is 11.6 Å². The Hall–Kier alpha value is -1.75. The van der Waals surface area contributed by atoms with E-state index in [1.165, 1.54) is 0 Å². The van der Waals surface area contributed by atoms with Gasteiger partial charge in [0.15, 0.2) is 5.58 Å². The van der Waals surface area contributed by atoms with Crippen molar-refractivity contribution in [2.45, 2.75) is 38.3 Å². The predicted octanol–water partition coefficient (Wildman–Crippen LogP) is 2.49. The average molecular weight is 262 g/mol. The summed E-state index contributed by atoms with van der Waals surface area (Å²) >= 11 is 0. The number of aromatic nitrogens is 1. The maximum Gasteiger partial charge on any atom is 0.417 e. The van der Waals surface area contributed by atoms with Crippen molar-refractivity contribution in [2.75, 3.05) is 11.9 Å². The second kappa shape index (κ2) is 5.09. The molecule has 5 nitrogen and oxygen atoms in total. The molecule has 0 amide bonds. The van der Waals surface area contributed by atoms with Crippen LogP contribution in [0, 0.1) is 0 Å². The monoisotopic (exact) mass is 262 g/mol. The zero-order valence-corrected chi connectivity index (χ0v) is 10.9. The number of nitrogens with one attached hydrogen (secondary N) is 2. The number of H-pyrrole nitrogens is 1. The number of anilines is 1. The standard InChI is InChI=1S/C14H18N2O3/c1-2-11-7-10(5-6-18-11)15-9-3-4-13-12(8-9)16-14(17)19-13/h3-4,8,10-11,15H,2,5-7H2,1H3,(H,16,17). The summed E-state index contributed by atoms with van der Waals surface area (Å²) in [5.74, 6) is -0.413. The van der Waals surface area contributed by atoms with Gasteiger partial charge in [-0.25, -0.2) is 4.79 Å². The van der Waals surface area contributed by atoms with Gasteiger partial charge in [-0.15, -0.1) is 0 Å². The van der Waals surface area contributed by atoms with Crippen LogP contribution in [0.25, 0.3) is 11.1 Å². The van der Waals surface area contributed by atoms with Gasteiger partial charge >= 0.3 is 5.76 Å². The molecule has 2 unspecified atom stereocenters. The fourth-order valence-electron chi connectivity index (χ4n) is 2.57. The Morgan fingerprint density at radius 3 is 3.21 bits per heavy atom. The van der Waals surface area contributed by atoms with Gasteiger partial charge in [0.25, 0.3) is 0 Å². The predicted molar refractivity (Wildman–Crippen MR) is 73.5 cm³/mol. The molecule has 5 heteroatoms. The Morgan fingerprint density at radius 1 is 1.47 bits per heavy atom. The van der Waals surface area contributed by atoms with E-state index in [-0.39, 0.29) is 0 Å². The highest BCUT2D eigenvalue weighted by Gasteiger charge is 2.21. The van der Waals surface area contributed by atoms with Crippen LogP contribution in [0.3, 0.4) is 0 Å². The molecule has 2 atom stereocenters. The van der Waals surface area contributed by atoms with E-state index in [0.29, 0.717) is 17.7 Å². The zero-order valence-electron chi connectivity index (χ0n) is 10.9. The van der Waals surface area contributed by atoms with Crippen molar-refractivity contribution in [3.63, 3.8) is 0 Å². The molecule has 0 radical (unpaired) electrons. The molecule has 102 valence electrons. The number of rotatable bonds is 3. The van der Waals surface area contributed by atoms with Crippen molar-refractivity contribution >= 4 is 16.8 Å². The van der Waals surface area contributed by atoms with Crippen LogP contribution in [0.1, 0.15) is 26.2 Å². The van der Waals surface area contributed by atoms with Crippen LogP contribution in [0.15, 0.2) is 27.4 Å². The molecule has 2 heterocycles. The molecular weight excluding hydrogens is 244 g/mol. The molecule has 0 spiro atoms. The van der Waals surface area contributed by atoms with Crippen molar-refractivity contribution in [1.29, 1.82) is 0 Å². The minimum Gasteiger partial charge on any atom is -0.408 e. The number of aromatic amines is 1. The van der Waals surface area contributed by atoms with E-state index < -0.39 is 5.76 Å². The first kappa shape index (κ1) is 12.3. The second-order valence-electron chi connectivity index (χ2n) is 4.99. The average Bonchev–Trinajstić information content (AvgIpc) is 2.78. The van der Waals surface area contributed by atoms with Gasteiger partial charge < -0.3 is 14.5 Å². The van der Waals surface area contributed by atoms with E-state index in [4.69, 9.17) is 9.15 Å². The molecule has 3 rings (SSSR count). The normalized spacial score (nSPS) is 23.6. The molecule has 19 heavy (non-hydrogen) atoms. The molecular formula is C14H18N2O3. The fourth-order valence-corrected chi connectivity index (χ4v) is 2.57. The van der Waals surface area contributed by atoms with Crippen molar-refractivity contribution in [1.82, 2.24) is 4.98 Å². The van der Waals surface area contributed by atoms with Crippen LogP contribution in [0.5, 0.6) is 0 Å². The van der Waals surface area contributed by atoms with E-state index in [9.17, 15) is 4.79 Å². The topological polar surface area (TPSA) is 67.3 Å². The highest BCUT2D eigenvalue weighted by molar-refractivity contribution is 5.76. The number of hydrogen-bond donors (Lipinski definition) is 2. The number of benzene rings is 1. The van der Waals surface area contributed by atoms with Crippen LogP contribution in [0.4, 0.5) is 5.69 Å². The van der Waals surface area contributed by atoms with Crippen molar-refractivity contribution in [2.24, 2.45) is 0 Å². The van der Waals surface area contributed by atoms with Gasteiger partial charge in [0.1, 0.15) is 0 Å². The Labute approximate surface area is 111 Å². The van der Waals surface area contributed by atoms with Gasteiger partial charge in [0.2, 0.25) is 0 Å². The summed E-state index contributed by atoms with van der Waals surface area (Å²) in [6.45, 7) is 2.95. The molecule has 1 aromatic carbocycles. The molecule has 0 bridgehead atoms. The van der Waals surface area contributed by atoms with Crippen molar-refractivity contribution in [3.05, 3.63) is 28.7 Å². The van der Waals surface area contributed by atoms with Crippen LogP contribution in [0.2, 0.25) is 0 Å². The summed E-state index contributed by atoms with van der Waals surface area (Å²) < 4.78 is 10.7. The minimum atomic E-state index is -0.413. The lowest BCUT2D eigenvalue weighted by Gasteiger charge is -2.30. The van der Waals surface area contributed by atoms with E-state index >= 15 is 0 Å². The van der Waals surface area contributed by atoms with Crippen LogP contribution >= 0.6 is 0 Å². The first-order valence-electron chi connectivity index (χ1n) is 6.75. The van der Waals surface area contributed by atoms with Gasteiger partial charge in [0, 0.05) is 18.3 Å². The van der Waals surface area contributed by atoms with Gasteiger partial charge in [-0.1, -0.05) is 6.92 Å². The molecule has 2 aromatic rings. The quantitative estimate of drug-likeness (QED) is 0.891. The van der Waals surface area contributed by atoms with E-state index in [1.807, 2.05) is 18.2 Å². The zero-order chi connectivity index (χ0) is 13.2. The van der Waals surface area contributed by atoms with E-state index in [2.05, 4.69) is 17.2 Å². The van der Waals surface area contributed by atoms with Crippen molar-refractivity contribution < 1.29 is 9.15 Å². The van der Waals surface area contributed by atoms with Gasteiger partial charge in [-0.05, 0) is 37.5 Å². The molecule has 1 aromatic heterocycles. The highest BCUT2D eigenvalue weighted by atomic mass is 16.5. The largest absolute Gasteiger partial charge is 0.417 e. The first-order chi connectivity index (χ1) is 9.24. The lowest BCUT2D eigenvalue weighted by molar-refractivity contribution is 0.00926. The third kappa shape index (κ3) is 2.66. The SMILES string of the molecule is CCC1CC(Nc2ccc3oc(=O)[nH]c3c2)CCO1. The van der Waals surface area contributed by atoms with Crippen molar-refractivity contribution in [3.8, 4) is 0 Å². The van der Waals surface area contributed by atoms with E-state index in [0.717, 1.165) is 37.1 Å². The van der Waals surface area contributed by atoms with Crippen LogP contribution < -0.4 is 11.1 Å². The molecule has 1 fully saturated rings. The minimum absolute atomic E-state index is 0.351. The molecule has 1 aliphatic heterocycles. The Morgan fingerprint density at radius 2 is 2.37 bits per heavy atom. The molecule has 2 N–H and O–H groups in total. The van der Waals surface area contributed by atoms with Crippen LogP contribution in [-0.4, -0.2) is 23.7 Å². The third-order valence-electron chi connectivity index (χ3n) is 3.61. The first-order valence-corrected chi connectivity index (χ1v) is 6.75. The number of fused-ring (bicyclic) bond motifs is 1. The van der Waals surface area contributed by atoms with Crippen LogP contribution in [-0.2, 0) is 4.74 Å². The Bertz CT molecular complexity index is 616. The maximum atomic E-state index is 11.1. The third-order valence-corrected chi connectivity index (χ3v) is 3.61. The summed E-state index contributed by atoms with van der Waals surface area (Å²) in [6.07, 6.45) is 3.43. The lowest BCUT2D eigenvalue weighted by atomic mass is 10.0. The fraction of sp³-hybridized carbons (Fsp3) is 0.500. The molecule has 1 aliphatic rings. The summed E-state index contributed by atoms with van der Waals surface area (Å²) in [5, 5.41) is 3.50. The van der Waals surface area contributed by atoms with Gasteiger partial charge in [-0.2, -0.15) is 0 Å². The smallest absolute Gasteiger partial charge is 0.408 e. The molecule has 1 saturated heterocycles. The highest BCUT2D eigenvalue weighted by Crippen LogP contribution is 2.22. The van der Waals surface area contributed by atoms with E-state index in [1.54, 1.807) is 0 Å². The Kier molecular flexibility index (Phi) is 3.29. The summed E-state index contributed by atoms with van der Waals surface area (Å²) in [7, 11) is 0. The van der Waals surface area contributed by atoms with Gasteiger partial charge in [-0.3, -0.25) is 4.98 Å². The number of oxazole rings is 1. The summed E-state index contributed by atoms with van der Waals surface area (Å²) in [6, 6.07) is 6.09. The molecule has 0 saturated carbocycles.